The molecule has 0 radical (unpaired) electrons. The van der Waals surface area contributed by atoms with Crippen LogP contribution in [0.25, 0.3) is 122 Å². The minimum atomic E-state index is -0.880. The lowest BCUT2D eigenvalue weighted by Gasteiger charge is -2.46. The Kier molecular flexibility index (Phi) is 16.9. The van der Waals surface area contributed by atoms with Crippen LogP contribution in [0.2, 0.25) is 0 Å². The molecule has 19 aromatic carbocycles. The Balaban J connectivity index is 0.884. The summed E-state index contributed by atoms with van der Waals surface area (Å²) in [6.07, 6.45) is 0. The van der Waals surface area contributed by atoms with Gasteiger partial charge in [-0.25, -0.2) is 0 Å². The fourth-order valence-electron chi connectivity index (χ4n) is 19.6. The van der Waals surface area contributed by atoms with Gasteiger partial charge in [-0.15, -0.1) is 0 Å². The molecule has 560 valence electrons. The van der Waals surface area contributed by atoms with Crippen molar-refractivity contribution in [2.45, 2.75) is 5.41 Å². The lowest BCUT2D eigenvalue weighted by Crippen LogP contribution is -2.61. The highest BCUT2D eigenvalue weighted by molar-refractivity contribution is 7.00. The molecule has 0 saturated heterocycles. The SMILES string of the molecule is c1ccc(-c2cccc(-c3cccc(-c4cccc(-c5ccccc5)c4)c3N3c4ccc(-c5ccccc5)cc4B4c5cc(-c6ccccc6)ccc5N(c5c(-c6cccc(-c7ccccc7)c6)cccc5-c5cccc(-c6ccccc6)c5)c5cc(-c6ccc7c(c6)C6(c8ccccc8Oc8ccccc86)c6ccccc6O7)cc3c54)c2)cc1. The van der Waals surface area contributed by atoms with Crippen LogP contribution in [0.4, 0.5) is 34.1 Å². The molecule has 0 fully saturated rings. The average molecular weight is 1530 g/mol. The molecule has 0 saturated carbocycles. The fourth-order valence-corrected chi connectivity index (χ4v) is 19.6. The highest BCUT2D eigenvalue weighted by atomic mass is 16.5. The summed E-state index contributed by atoms with van der Waals surface area (Å²) in [4.78, 5) is 5.37. The van der Waals surface area contributed by atoms with Crippen LogP contribution in [0.1, 0.15) is 22.3 Å². The number of hydrogen-bond acceptors (Lipinski definition) is 4. The van der Waals surface area contributed by atoms with Crippen molar-refractivity contribution in [1.82, 2.24) is 0 Å². The summed E-state index contributed by atoms with van der Waals surface area (Å²) in [5, 5.41) is 0. The number of para-hydroxylation sites is 5. The van der Waals surface area contributed by atoms with E-state index in [1.54, 1.807) is 0 Å². The second-order valence-corrected chi connectivity index (χ2v) is 31.7. The van der Waals surface area contributed by atoms with Gasteiger partial charge >= 0.3 is 0 Å². The number of hydrogen-bond donors (Lipinski definition) is 0. The largest absolute Gasteiger partial charge is 0.457 e. The molecule has 4 aliphatic rings. The third-order valence-corrected chi connectivity index (χ3v) is 25.0. The molecule has 4 nitrogen and oxygen atoms in total. The maximum absolute atomic E-state index is 7.31. The van der Waals surface area contributed by atoms with Crippen LogP contribution in [0.5, 0.6) is 23.0 Å². The average Bonchev–Trinajstić information content (AvgIpc) is 0.697. The van der Waals surface area contributed by atoms with Gasteiger partial charge < -0.3 is 19.3 Å². The van der Waals surface area contributed by atoms with Crippen molar-refractivity contribution < 1.29 is 9.47 Å². The number of benzene rings is 19. The van der Waals surface area contributed by atoms with Gasteiger partial charge in [0.2, 0.25) is 0 Å². The van der Waals surface area contributed by atoms with E-state index >= 15 is 0 Å². The summed E-state index contributed by atoms with van der Waals surface area (Å²) in [7, 11) is 0. The third kappa shape index (κ3) is 11.7. The summed E-state index contributed by atoms with van der Waals surface area (Å²) >= 11 is 0. The molecule has 4 aliphatic heterocycles. The maximum atomic E-state index is 7.31. The van der Waals surface area contributed by atoms with E-state index in [1.165, 1.54) is 16.4 Å². The molecule has 23 rings (SSSR count). The van der Waals surface area contributed by atoms with Crippen LogP contribution in [0.15, 0.2) is 455 Å². The summed E-state index contributed by atoms with van der Waals surface area (Å²) < 4.78 is 14.3. The molecule has 0 bridgehead atoms. The van der Waals surface area contributed by atoms with Crippen LogP contribution in [0, 0.1) is 0 Å². The van der Waals surface area contributed by atoms with E-state index in [4.69, 9.17) is 9.47 Å². The Morgan fingerprint density at radius 2 is 0.433 bits per heavy atom. The molecular formula is C115H75BN2O2. The predicted octanol–water partition coefficient (Wildman–Crippen LogP) is 28.7. The molecule has 5 heteroatoms. The van der Waals surface area contributed by atoms with Crippen molar-refractivity contribution >= 4 is 57.2 Å². The van der Waals surface area contributed by atoms with E-state index in [2.05, 4.69) is 465 Å². The first-order chi connectivity index (χ1) is 59.5. The first kappa shape index (κ1) is 69.9. The van der Waals surface area contributed by atoms with Crippen LogP contribution < -0.4 is 35.7 Å². The van der Waals surface area contributed by atoms with Gasteiger partial charge in [0.25, 0.3) is 6.71 Å². The molecule has 120 heavy (non-hydrogen) atoms. The van der Waals surface area contributed by atoms with Gasteiger partial charge in [-0.2, -0.15) is 0 Å². The number of anilines is 6. The number of rotatable bonds is 13. The Morgan fingerprint density at radius 1 is 0.175 bits per heavy atom. The van der Waals surface area contributed by atoms with Crippen molar-refractivity contribution in [2.24, 2.45) is 0 Å². The Hall–Kier alpha value is -15.6. The molecule has 19 aromatic rings. The Labute approximate surface area is 699 Å². The van der Waals surface area contributed by atoms with Crippen LogP contribution in [-0.2, 0) is 5.41 Å². The molecule has 0 amide bonds. The summed E-state index contributed by atoms with van der Waals surface area (Å²) in [6.45, 7) is -0.349. The first-order valence-corrected chi connectivity index (χ1v) is 41.4. The lowest BCUT2D eigenvalue weighted by molar-refractivity contribution is 0.399. The normalized spacial score (nSPS) is 12.8. The quantitative estimate of drug-likeness (QED) is 0.107. The molecule has 0 N–H and O–H groups in total. The molecule has 1 spiro atoms. The lowest BCUT2D eigenvalue weighted by atomic mass is 9.33. The van der Waals surface area contributed by atoms with Crippen molar-refractivity contribution in [3.05, 3.63) is 477 Å². The summed E-state index contributed by atoms with van der Waals surface area (Å²) in [5.74, 6) is 3.19. The van der Waals surface area contributed by atoms with Gasteiger partial charge in [0, 0.05) is 67.3 Å². The number of ether oxygens (including phenoxy) is 2. The monoisotopic (exact) mass is 1530 g/mol. The van der Waals surface area contributed by atoms with Crippen molar-refractivity contribution in [3.63, 3.8) is 0 Å². The highest BCUT2D eigenvalue weighted by Gasteiger charge is 2.52. The Morgan fingerprint density at radius 3 is 0.767 bits per heavy atom. The molecule has 0 aliphatic carbocycles. The van der Waals surface area contributed by atoms with Gasteiger partial charge in [-0.1, -0.05) is 376 Å². The van der Waals surface area contributed by atoms with Gasteiger partial charge in [-0.3, -0.25) is 0 Å². The summed E-state index contributed by atoms with van der Waals surface area (Å²) in [5.41, 5.74) is 37.6. The van der Waals surface area contributed by atoms with Gasteiger partial charge in [0.05, 0.1) is 16.8 Å². The van der Waals surface area contributed by atoms with E-state index in [9.17, 15) is 0 Å². The van der Waals surface area contributed by atoms with Gasteiger partial charge in [-0.05, 0) is 195 Å². The van der Waals surface area contributed by atoms with Crippen LogP contribution in [0.3, 0.4) is 0 Å². The van der Waals surface area contributed by atoms with Gasteiger partial charge in [0.15, 0.2) is 0 Å². The van der Waals surface area contributed by atoms with Crippen molar-refractivity contribution in [2.75, 3.05) is 9.80 Å². The standard InChI is InChI=1S/C115H75BN2O2/c1-7-31-76(32-8-1)82-43-25-47-89(67-82)94-51-29-52-95(90-48-26-44-83(68-90)77-33-9-2-10-34-77)113(94)117-104-64-61-87(80-39-15-5-16-40-80)72-102(104)116-103-73-88(81-41-17-6-18-42-81)62-65-105(103)118(114-96(91-49-27-45-84(69-91)78-35-11-3-12-36-78)53-30-54-97(114)92-50-28-46-85(70-92)79-37-13-4-14-38-79)107-75-93(74-106(117)112(107)116)86-63-66-111-101(71-86)115(100-57-21-24-60-110(100)120-111)98-55-19-22-58-108(98)119-109-59-23-20-56-99(109)115/h1-75H. The Bertz CT molecular complexity index is 6600. The first-order valence-electron chi connectivity index (χ1n) is 41.4. The van der Waals surface area contributed by atoms with E-state index in [0.29, 0.717) is 0 Å². The summed E-state index contributed by atoms with van der Waals surface area (Å²) in [6, 6.07) is 168. The smallest absolute Gasteiger partial charge is 0.252 e. The zero-order chi connectivity index (χ0) is 79.2. The number of nitrogens with zero attached hydrogens (tertiary/aromatic N) is 2. The fraction of sp³-hybridized carbons (Fsp3) is 0.00870. The second-order valence-electron chi connectivity index (χ2n) is 31.7. The zero-order valence-electron chi connectivity index (χ0n) is 65.6. The van der Waals surface area contributed by atoms with E-state index in [1.807, 2.05) is 0 Å². The minimum Gasteiger partial charge on any atom is -0.457 e. The molecule has 4 heterocycles. The maximum Gasteiger partial charge on any atom is 0.252 e. The van der Waals surface area contributed by atoms with E-state index < -0.39 is 5.41 Å². The van der Waals surface area contributed by atoms with Crippen molar-refractivity contribution in [1.29, 1.82) is 0 Å². The van der Waals surface area contributed by atoms with Gasteiger partial charge in [0.1, 0.15) is 23.0 Å². The zero-order valence-corrected chi connectivity index (χ0v) is 65.6. The molecule has 0 unspecified atom stereocenters. The van der Waals surface area contributed by atoms with Crippen LogP contribution in [-0.4, -0.2) is 6.71 Å². The topological polar surface area (TPSA) is 24.9 Å². The molecule has 0 aromatic heterocycles. The van der Waals surface area contributed by atoms with E-state index in [-0.39, 0.29) is 6.71 Å². The second kappa shape index (κ2) is 29.0. The number of fused-ring (bicyclic) bond motifs is 12. The third-order valence-electron chi connectivity index (χ3n) is 25.0. The highest BCUT2D eigenvalue weighted by Crippen LogP contribution is 2.63. The van der Waals surface area contributed by atoms with Crippen molar-refractivity contribution in [3.8, 4) is 145 Å². The van der Waals surface area contributed by atoms with Crippen LogP contribution >= 0.6 is 0 Å². The minimum absolute atomic E-state index is 0.349. The van der Waals surface area contributed by atoms with E-state index in [0.717, 1.165) is 202 Å². The molecule has 0 atom stereocenters. The molecular weight excluding hydrogens is 1450 g/mol. The predicted molar refractivity (Wildman–Crippen MR) is 499 cm³/mol.